The van der Waals surface area contributed by atoms with Crippen molar-refractivity contribution < 1.29 is 14.4 Å². The fraction of sp³-hybridized carbons (Fsp3) is 0.750. The first-order valence-corrected chi connectivity index (χ1v) is 8.66. The number of nitrogens with zero attached hydrogens (tertiary/aromatic N) is 4. The molecule has 1 aliphatic carbocycles. The number of nitrogens with one attached hydrogen (secondary N) is 1. The van der Waals surface area contributed by atoms with Crippen molar-refractivity contribution in [1.82, 2.24) is 9.97 Å². The first kappa shape index (κ1) is 19.3. The van der Waals surface area contributed by atoms with Crippen LogP contribution in [0.5, 0.6) is 0 Å². The van der Waals surface area contributed by atoms with Gasteiger partial charge < -0.3 is 19.7 Å². The van der Waals surface area contributed by atoms with Crippen molar-refractivity contribution in [3.63, 3.8) is 0 Å². The summed E-state index contributed by atoms with van der Waals surface area (Å²) in [7, 11) is 3.19. The minimum Gasteiger partial charge on any atom is -0.383 e. The summed E-state index contributed by atoms with van der Waals surface area (Å²) in [6, 6.07) is 0.224. The summed E-state index contributed by atoms with van der Waals surface area (Å²) in [4.78, 5) is 21.5. The highest BCUT2D eigenvalue weighted by Gasteiger charge is 2.28. The van der Waals surface area contributed by atoms with Crippen LogP contribution < -0.4 is 10.2 Å². The second-order valence-corrected chi connectivity index (χ2v) is 6.10. The molecule has 1 saturated carbocycles. The molecule has 0 aromatic carbocycles. The van der Waals surface area contributed by atoms with Crippen molar-refractivity contribution in [2.45, 2.75) is 38.1 Å². The predicted octanol–water partition coefficient (Wildman–Crippen LogP) is 2.23. The number of nitro groups is 1. The monoisotopic (exact) mass is 353 g/mol. The minimum atomic E-state index is -0.410. The fourth-order valence-corrected chi connectivity index (χ4v) is 3.04. The van der Waals surface area contributed by atoms with Crippen molar-refractivity contribution in [3.8, 4) is 0 Å². The molecule has 0 amide bonds. The lowest BCUT2D eigenvalue weighted by molar-refractivity contribution is -0.383. The summed E-state index contributed by atoms with van der Waals surface area (Å²) in [5, 5.41) is 15.0. The molecule has 1 heterocycles. The van der Waals surface area contributed by atoms with Gasteiger partial charge in [-0.05, 0) is 12.8 Å². The molecule has 140 valence electrons. The highest BCUT2D eigenvalue weighted by atomic mass is 16.6. The Hall–Kier alpha value is -2.00. The summed E-state index contributed by atoms with van der Waals surface area (Å²) in [5.74, 6) is 0.592. The molecule has 2 rings (SSSR count). The van der Waals surface area contributed by atoms with Crippen molar-refractivity contribution in [3.05, 3.63) is 16.4 Å². The van der Waals surface area contributed by atoms with E-state index in [2.05, 4.69) is 15.3 Å². The highest BCUT2D eigenvalue weighted by molar-refractivity contribution is 5.70. The van der Waals surface area contributed by atoms with Crippen LogP contribution in [0.15, 0.2) is 6.33 Å². The molecule has 1 aromatic heterocycles. The fourth-order valence-electron chi connectivity index (χ4n) is 3.04. The van der Waals surface area contributed by atoms with E-state index in [4.69, 9.17) is 9.47 Å². The molecule has 0 radical (unpaired) electrons. The van der Waals surface area contributed by atoms with Gasteiger partial charge >= 0.3 is 5.69 Å². The Kier molecular flexibility index (Phi) is 7.80. The molecule has 0 unspecified atom stereocenters. The van der Waals surface area contributed by atoms with Crippen LogP contribution in [0, 0.1) is 10.1 Å². The highest BCUT2D eigenvalue weighted by Crippen LogP contribution is 2.33. The quantitative estimate of drug-likeness (QED) is 0.504. The summed E-state index contributed by atoms with van der Waals surface area (Å²) in [6.45, 7) is 1.85. The number of ether oxygens (including phenoxy) is 2. The number of rotatable bonds is 10. The first-order chi connectivity index (χ1) is 12.2. The summed E-state index contributed by atoms with van der Waals surface area (Å²) < 4.78 is 10.2. The van der Waals surface area contributed by atoms with Crippen LogP contribution in [-0.2, 0) is 9.47 Å². The summed E-state index contributed by atoms with van der Waals surface area (Å²) in [6.07, 6.45) is 6.88. The van der Waals surface area contributed by atoms with Crippen molar-refractivity contribution in [2.75, 3.05) is 50.7 Å². The van der Waals surface area contributed by atoms with E-state index in [1.807, 2.05) is 0 Å². The van der Waals surface area contributed by atoms with E-state index in [9.17, 15) is 10.1 Å². The average molecular weight is 353 g/mol. The molecule has 1 N–H and O–H groups in total. The lowest BCUT2D eigenvalue weighted by Crippen LogP contribution is -2.32. The third-order valence-corrected chi connectivity index (χ3v) is 4.36. The number of anilines is 2. The maximum Gasteiger partial charge on any atom is 0.353 e. The molecular weight excluding hydrogens is 326 g/mol. The molecule has 9 heteroatoms. The number of methoxy groups -OCH3 is 2. The molecule has 0 aliphatic heterocycles. The van der Waals surface area contributed by atoms with Gasteiger partial charge in [0.1, 0.15) is 6.33 Å². The molecule has 0 atom stereocenters. The van der Waals surface area contributed by atoms with E-state index < -0.39 is 4.92 Å². The molecule has 1 fully saturated rings. The zero-order valence-corrected chi connectivity index (χ0v) is 14.9. The summed E-state index contributed by atoms with van der Waals surface area (Å²) in [5.41, 5.74) is -0.0831. The maximum atomic E-state index is 11.7. The number of hydrogen-bond donors (Lipinski definition) is 1. The molecule has 0 bridgehead atoms. The van der Waals surface area contributed by atoms with Crippen molar-refractivity contribution >= 4 is 17.3 Å². The Bertz CT molecular complexity index is 543. The van der Waals surface area contributed by atoms with Crippen LogP contribution in [0.25, 0.3) is 0 Å². The topological polar surface area (TPSA) is 103 Å². The zero-order valence-electron chi connectivity index (χ0n) is 14.9. The number of hydrogen-bond acceptors (Lipinski definition) is 8. The minimum absolute atomic E-state index is 0.0831. The third-order valence-electron chi connectivity index (χ3n) is 4.36. The lowest BCUT2D eigenvalue weighted by atomic mass is 9.95. The molecule has 0 spiro atoms. The van der Waals surface area contributed by atoms with Gasteiger partial charge in [0.25, 0.3) is 0 Å². The Morgan fingerprint density at radius 1 is 1.20 bits per heavy atom. The van der Waals surface area contributed by atoms with E-state index in [1.54, 1.807) is 19.1 Å². The molecular formula is C16H27N5O4. The van der Waals surface area contributed by atoms with Gasteiger partial charge in [-0.1, -0.05) is 19.3 Å². The maximum absolute atomic E-state index is 11.7. The van der Waals surface area contributed by atoms with E-state index in [-0.39, 0.29) is 11.7 Å². The molecule has 9 nitrogen and oxygen atoms in total. The van der Waals surface area contributed by atoms with Gasteiger partial charge in [0.2, 0.25) is 11.6 Å². The first-order valence-electron chi connectivity index (χ1n) is 8.66. The second kappa shape index (κ2) is 10.1. The van der Waals surface area contributed by atoms with Gasteiger partial charge in [0, 0.05) is 33.4 Å². The molecule has 25 heavy (non-hydrogen) atoms. The second-order valence-electron chi connectivity index (χ2n) is 6.10. The van der Waals surface area contributed by atoms with Crippen LogP contribution in [-0.4, -0.2) is 61.5 Å². The van der Waals surface area contributed by atoms with E-state index in [1.165, 1.54) is 12.7 Å². The SMILES string of the molecule is COCCN(CCOC)c1ncnc(NC2CCCCC2)c1[N+](=O)[O-]. The number of aromatic nitrogens is 2. The smallest absolute Gasteiger partial charge is 0.353 e. The van der Waals surface area contributed by atoms with Gasteiger partial charge in [0.05, 0.1) is 18.1 Å². The largest absolute Gasteiger partial charge is 0.383 e. The summed E-state index contributed by atoms with van der Waals surface area (Å²) >= 11 is 0. The van der Waals surface area contributed by atoms with Crippen molar-refractivity contribution in [1.29, 1.82) is 0 Å². The lowest BCUT2D eigenvalue weighted by Gasteiger charge is -2.25. The van der Waals surface area contributed by atoms with Crippen LogP contribution in [0.1, 0.15) is 32.1 Å². The third kappa shape index (κ3) is 5.50. The molecule has 1 aromatic rings. The Morgan fingerprint density at radius 3 is 2.40 bits per heavy atom. The Morgan fingerprint density at radius 2 is 1.84 bits per heavy atom. The Balaban J connectivity index is 2.28. The van der Waals surface area contributed by atoms with Crippen LogP contribution >= 0.6 is 0 Å². The van der Waals surface area contributed by atoms with Crippen LogP contribution in [0.4, 0.5) is 17.3 Å². The molecule has 0 saturated heterocycles. The van der Waals surface area contributed by atoms with Crippen molar-refractivity contribution in [2.24, 2.45) is 0 Å². The average Bonchev–Trinajstić information content (AvgIpc) is 2.62. The molecule has 1 aliphatic rings. The van der Waals surface area contributed by atoms with Crippen LogP contribution in [0.2, 0.25) is 0 Å². The van der Waals surface area contributed by atoms with Gasteiger partial charge in [0.15, 0.2) is 0 Å². The normalized spacial score (nSPS) is 15.1. The standard InChI is InChI=1S/C16H27N5O4/c1-24-10-8-20(9-11-25-2)16-14(21(22)23)15(17-12-18-16)19-13-6-4-3-5-7-13/h12-13H,3-11H2,1-2H3,(H,17,18,19). The zero-order chi connectivity index (χ0) is 18.1. The van der Waals surface area contributed by atoms with Gasteiger partial charge in [-0.2, -0.15) is 0 Å². The van der Waals surface area contributed by atoms with Gasteiger partial charge in [-0.3, -0.25) is 10.1 Å². The van der Waals surface area contributed by atoms with E-state index >= 15 is 0 Å². The van der Waals surface area contributed by atoms with Gasteiger partial charge in [-0.25, -0.2) is 9.97 Å². The van der Waals surface area contributed by atoms with E-state index in [0.717, 1.165) is 25.7 Å². The Labute approximate surface area is 147 Å². The van der Waals surface area contributed by atoms with E-state index in [0.29, 0.717) is 37.9 Å². The predicted molar refractivity (Wildman–Crippen MR) is 95.1 cm³/mol. The van der Waals surface area contributed by atoms with Crippen LogP contribution in [0.3, 0.4) is 0 Å². The van der Waals surface area contributed by atoms with Gasteiger partial charge in [-0.15, -0.1) is 0 Å².